The molecule has 0 heterocycles. The Labute approximate surface area is 175 Å². The topological polar surface area (TPSA) is 132 Å². The highest BCUT2D eigenvalue weighted by Crippen LogP contribution is 2.69. The summed E-state index contributed by atoms with van der Waals surface area (Å²) >= 11 is 0. The van der Waals surface area contributed by atoms with Gasteiger partial charge in [0.05, 0.1) is 6.42 Å². The van der Waals surface area contributed by atoms with Crippen LogP contribution >= 0.6 is 0 Å². The van der Waals surface area contributed by atoms with Crippen molar-refractivity contribution < 1.29 is 34.8 Å². The van der Waals surface area contributed by atoms with E-state index < -0.39 is 40.7 Å². The van der Waals surface area contributed by atoms with E-state index in [-0.39, 0.29) is 35.7 Å². The highest BCUT2D eigenvalue weighted by Gasteiger charge is 2.70. The number of carbonyl (C=O) groups excluding carboxylic acids is 2. The van der Waals surface area contributed by atoms with Crippen LogP contribution < -0.4 is 0 Å². The summed E-state index contributed by atoms with van der Waals surface area (Å²) in [5.41, 5.74) is -2.44. The van der Waals surface area contributed by atoms with Crippen LogP contribution in [0.5, 0.6) is 0 Å². The molecule has 0 radical (unpaired) electrons. The third kappa shape index (κ3) is 2.54. The predicted octanol–water partition coefficient (Wildman–Crippen LogP) is 2.17. The first-order valence-electron chi connectivity index (χ1n) is 10.7. The Hall–Kier alpha value is -1.99. The minimum atomic E-state index is -1.88. The quantitative estimate of drug-likeness (QED) is 0.550. The Morgan fingerprint density at radius 2 is 1.87 bits per heavy atom. The zero-order valence-corrected chi connectivity index (χ0v) is 17.4. The number of aliphatic hydroxyl groups is 3. The van der Waals surface area contributed by atoms with Crippen molar-refractivity contribution in [3.63, 3.8) is 0 Å². The number of hydrogen-bond donors (Lipinski definition) is 4. The number of carboxylic acids is 1. The van der Waals surface area contributed by atoms with Gasteiger partial charge in [0.25, 0.3) is 0 Å². The summed E-state index contributed by atoms with van der Waals surface area (Å²) in [4.78, 5) is 36.2. The van der Waals surface area contributed by atoms with E-state index in [1.165, 1.54) is 6.08 Å². The molecule has 0 saturated heterocycles. The number of carbonyl (C=O) groups is 3. The molecule has 4 N–H and O–H groups in total. The van der Waals surface area contributed by atoms with E-state index in [4.69, 9.17) is 0 Å². The van der Waals surface area contributed by atoms with Crippen LogP contribution in [0, 0.1) is 34.5 Å². The van der Waals surface area contributed by atoms with Crippen LogP contribution in [0.2, 0.25) is 0 Å². The minimum absolute atomic E-state index is 0.0389. The van der Waals surface area contributed by atoms with Crippen LogP contribution in [0.1, 0.15) is 52.4 Å². The molecule has 0 amide bonds. The molecule has 1 unspecified atom stereocenters. The van der Waals surface area contributed by atoms with Crippen LogP contribution in [0.25, 0.3) is 0 Å². The molecular weight excluding hydrogens is 388 g/mol. The number of fused-ring (bicyclic) bond motifs is 5. The number of hydrogen-bond acceptors (Lipinski definition) is 6. The van der Waals surface area contributed by atoms with Gasteiger partial charge in [0.2, 0.25) is 0 Å². The van der Waals surface area contributed by atoms with Gasteiger partial charge in [-0.05, 0) is 62.9 Å². The first kappa shape index (κ1) is 21.2. The van der Waals surface area contributed by atoms with Crippen LogP contribution in [-0.4, -0.2) is 50.2 Å². The van der Waals surface area contributed by atoms with Gasteiger partial charge in [-0.25, -0.2) is 0 Å². The van der Waals surface area contributed by atoms with E-state index in [9.17, 15) is 34.8 Å². The monoisotopic (exact) mass is 418 g/mol. The second kappa shape index (κ2) is 6.76. The van der Waals surface area contributed by atoms with Crippen LogP contribution in [-0.2, 0) is 14.4 Å². The Balaban J connectivity index is 1.76. The largest absolute Gasteiger partial charge is 0.511 e. The molecule has 0 aliphatic heterocycles. The van der Waals surface area contributed by atoms with Crippen LogP contribution in [0.3, 0.4) is 0 Å². The van der Waals surface area contributed by atoms with Crippen molar-refractivity contribution in [3.8, 4) is 0 Å². The highest BCUT2D eigenvalue weighted by atomic mass is 16.4. The first-order chi connectivity index (χ1) is 14.0. The molecule has 4 aliphatic rings. The number of allylic oxidation sites excluding steroid dienone is 3. The molecule has 3 saturated carbocycles. The molecule has 0 bridgehead atoms. The lowest BCUT2D eigenvalue weighted by Gasteiger charge is -2.58. The SMILES string of the molecule is C[C@]12C(O)=CC(=O)C=C1CC[C@@H]1[C@@H]2CC[C@@]2(C)[C@H]1CC(CC(=O)O)[C@]2(O)C(=O)CO. The molecule has 4 rings (SSSR count). The zero-order valence-electron chi connectivity index (χ0n) is 17.4. The van der Waals surface area contributed by atoms with Gasteiger partial charge in [-0.2, -0.15) is 0 Å². The van der Waals surface area contributed by atoms with Crippen molar-refractivity contribution in [3.05, 3.63) is 23.5 Å². The van der Waals surface area contributed by atoms with E-state index >= 15 is 0 Å². The van der Waals surface area contributed by atoms with Gasteiger partial charge in [-0.1, -0.05) is 12.5 Å². The van der Waals surface area contributed by atoms with Crippen molar-refractivity contribution in [2.45, 2.75) is 58.0 Å². The van der Waals surface area contributed by atoms with Crippen molar-refractivity contribution in [1.29, 1.82) is 0 Å². The maximum Gasteiger partial charge on any atom is 0.303 e. The molecule has 0 aromatic carbocycles. The Kier molecular flexibility index (Phi) is 4.78. The zero-order chi connectivity index (χ0) is 22.1. The van der Waals surface area contributed by atoms with Gasteiger partial charge in [0.1, 0.15) is 18.0 Å². The van der Waals surface area contributed by atoms with Crippen molar-refractivity contribution in [1.82, 2.24) is 0 Å². The van der Waals surface area contributed by atoms with Gasteiger partial charge >= 0.3 is 5.97 Å². The van der Waals surface area contributed by atoms with Gasteiger partial charge in [0.15, 0.2) is 11.6 Å². The fourth-order valence-corrected chi connectivity index (χ4v) is 7.58. The highest BCUT2D eigenvalue weighted by molar-refractivity contribution is 6.01. The molecule has 7 nitrogen and oxygen atoms in total. The maximum absolute atomic E-state index is 12.7. The number of aliphatic carboxylic acids is 1. The molecule has 7 heteroatoms. The van der Waals surface area contributed by atoms with Crippen molar-refractivity contribution in [2.24, 2.45) is 34.5 Å². The summed E-state index contributed by atoms with van der Waals surface area (Å²) in [5, 5.41) is 41.3. The lowest BCUT2D eigenvalue weighted by atomic mass is 9.46. The lowest BCUT2D eigenvalue weighted by molar-refractivity contribution is -0.172. The summed E-state index contributed by atoms with van der Waals surface area (Å²) in [6.45, 7) is 3.00. The van der Waals surface area contributed by atoms with Gasteiger partial charge in [0, 0.05) is 22.8 Å². The van der Waals surface area contributed by atoms with Crippen molar-refractivity contribution >= 4 is 17.5 Å². The van der Waals surface area contributed by atoms with E-state index in [0.717, 1.165) is 12.0 Å². The molecule has 4 aliphatic carbocycles. The van der Waals surface area contributed by atoms with E-state index in [1.54, 1.807) is 6.08 Å². The average molecular weight is 418 g/mol. The molecule has 7 atom stereocenters. The third-order valence-electron chi connectivity index (χ3n) is 9.10. The van der Waals surface area contributed by atoms with E-state index in [2.05, 4.69) is 0 Å². The standard InChI is InChI=1S/C23H30O7/c1-21-6-5-16-15(4-3-12-7-14(25)10-18(26)22(12,16)2)17(21)8-13(9-20(28)29)23(21,30)19(27)11-24/h7,10,13,15-17,24,26,30H,3-6,8-9,11H2,1-2H3,(H,28,29)/t13?,15-,16+,17+,21+,22+,23+/m1/s1. The number of ketones is 2. The molecule has 0 aromatic heterocycles. The second-order valence-electron chi connectivity index (χ2n) is 10.1. The van der Waals surface area contributed by atoms with Crippen LogP contribution in [0.15, 0.2) is 23.5 Å². The Morgan fingerprint density at radius 3 is 2.50 bits per heavy atom. The fraction of sp³-hybridized carbons (Fsp3) is 0.696. The van der Waals surface area contributed by atoms with Gasteiger partial charge in [-0.3, -0.25) is 14.4 Å². The Morgan fingerprint density at radius 1 is 1.17 bits per heavy atom. The summed E-state index contributed by atoms with van der Waals surface area (Å²) in [6, 6.07) is 0. The molecule has 3 fully saturated rings. The van der Waals surface area contributed by atoms with E-state index in [1.807, 2.05) is 13.8 Å². The molecule has 0 spiro atoms. The third-order valence-corrected chi connectivity index (χ3v) is 9.10. The second-order valence-corrected chi connectivity index (χ2v) is 10.1. The first-order valence-corrected chi connectivity index (χ1v) is 10.7. The van der Waals surface area contributed by atoms with E-state index in [0.29, 0.717) is 25.7 Å². The normalized spacial score (nSPS) is 45.0. The summed E-state index contributed by atoms with van der Waals surface area (Å²) in [5.74, 6) is -2.66. The smallest absolute Gasteiger partial charge is 0.303 e. The molecular formula is C23H30O7. The molecule has 0 aromatic rings. The number of aliphatic hydroxyl groups excluding tert-OH is 2. The fourth-order valence-electron chi connectivity index (χ4n) is 7.58. The molecule has 164 valence electrons. The summed E-state index contributed by atoms with van der Waals surface area (Å²) in [7, 11) is 0. The van der Waals surface area contributed by atoms with Gasteiger partial charge in [-0.15, -0.1) is 0 Å². The Bertz CT molecular complexity index is 873. The average Bonchev–Trinajstić information content (AvgIpc) is 2.90. The summed E-state index contributed by atoms with van der Waals surface area (Å²) < 4.78 is 0. The summed E-state index contributed by atoms with van der Waals surface area (Å²) in [6.07, 6.45) is 5.50. The number of rotatable bonds is 4. The minimum Gasteiger partial charge on any atom is -0.511 e. The lowest BCUT2D eigenvalue weighted by Crippen LogP contribution is -2.60. The van der Waals surface area contributed by atoms with Gasteiger partial charge < -0.3 is 20.4 Å². The number of Topliss-reactive ketones (excluding diaryl/α,β-unsaturated/α-hetero) is 1. The maximum atomic E-state index is 12.7. The number of carboxylic acid groups (broad SMARTS) is 1. The van der Waals surface area contributed by atoms with Crippen molar-refractivity contribution in [2.75, 3.05) is 6.61 Å². The van der Waals surface area contributed by atoms with Crippen LogP contribution in [0.4, 0.5) is 0 Å². The molecule has 30 heavy (non-hydrogen) atoms. The predicted molar refractivity (Wildman–Crippen MR) is 106 cm³/mol.